The van der Waals surface area contributed by atoms with Crippen molar-refractivity contribution in [1.29, 1.82) is 0 Å². The number of hydrogen-bond acceptors (Lipinski definition) is 6. The van der Waals surface area contributed by atoms with E-state index in [1.807, 2.05) is 13.8 Å². The monoisotopic (exact) mass is 436 g/mol. The molecule has 166 valence electrons. The van der Waals surface area contributed by atoms with Crippen LogP contribution in [0.4, 0.5) is 5.69 Å². The summed E-state index contributed by atoms with van der Waals surface area (Å²) in [6.45, 7) is 4.46. The molecule has 1 atom stereocenters. The van der Waals surface area contributed by atoms with Gasteiger partial charge in [0.25, 0.3) is 17.7 Å². The molecule has 3 rings (SSSR count). The largest absolute Gasteiger partial charge is 0.454 e. The Kier molecular flexibility index (Phi) is 6.82. The molecule has 2 aromatic carbocycles. The molecule has 1 aliphatic heterocycles. The van der Waals surface area contributed by atoms with E-state index in [9.17, 15) is 24.0 Å². The number of imide groups is 1. The second-order valence-electron chi connectivity index (χ2n) is 7.93. The number of hydrogen-bond donors (Lipinski definition) is 1. The minimum atomic E-state index is -1.15. The number of benzene rings is 2. The maximum Gasteiger partial charge on any atom is 0.329 e. The fourth-order valence-electron chi connectivity index (χ4n) is 3.56. The Morgan fingerprint density at radius 3 is 2.06 bits per heavy atom. The zero-order valence-electron chi connectivity index (χ0n) is 18.1. The van der Waals surface area contributed by atoms with Crippen LogP contribution in [0.2, 0.25) is 0 Å². The number of nitrogens with zero attached hydrogens (tertiary/aromatic N) is 1. The Bertz CT molecular complexity index is 1060. The molecule has 8 heteroatoms. The van der Waals surface area contributed by atoms with Gasteiger partial charge in [-0.05, 0) is 43.5 Å². The zero-order chi connectivity index (χ0) is 23.4. The van der Waals surface area contributed by atoms with Gasteiger partial charge >= 0.3 is 5.97 Å². The summed E-state index contributed by atoms with van der Waals surface area (Å²) < 4.78 is 5.17. The van der Waals surface area contributed by atoms with Gasteiger partial charge < -0.3 is 10.1 Å². The number of para-hydroxylation sites is 1. The lowest BCUT2D eigenvalue weighted by Crippen LogP contribution is -2.46. The quantitative estimate of drug-likeness (QED) is 0.387. The van der Waals surface area contributed by atoms with Gasteiger partial charge in [-0.3, -0.25) is 24.1 Å². The Balaban J connectivity index is 1.71. The number of anilines is 1. The summed E-state index contributed by atoms with van der Waals surface area (Å²) in [5, 5.41) is 2.54. The van der Waals surface area contributed by atoms with Crippen molar-refractivity contribution in [2.45, 2.75) is 33.2 Å². The van der Waals surface area contributed by atoms with Gasteiger partial charge in [0.05, 0.1) is 16.8 Å². The van der Waals surface area contributed by atoms with E-state index >= 15 is 0 Å². The first kappa shape index (κ1) is 22.9. The molecular formula is C24H24N2O6. The molecule has 1 heterocycles. The van der Waals surface area contributed by atoms with Crippen molar-refractivity contribution >= 4 is 35.2 Å². The Labute approximate surface area is 185 Å². The molecule has 3 amide bonds. The van der Waals surface area contributed by atoms with E-state index in [0.717, 1.165) is 4.90 Å². The van der Waals surface area contributed by atoms with Crippen molar-refractivity contribution in [3.05, 3.63) is 65.2 Å². The SMILES string of the molecule is CC(=O)c1ccccc1NC(=O)COC(=O)C(CC(C)C)N1C(=O)c2ccccc2C1=O. The van der Waals surface area contributed by atoms with Gasteiger partial charge in [-0.15, -0.1) is 0 Å². The van der Waals surface area contributed by atoms with E-state index in [4.69, 9.17) is 4.74 Å². The van der Waals surface area contributed by atoms with Crippen LogP contribution in [0.1, 0.15) is 58.3 Å². The lowest BCUT2D eigenvalue weighted by molar-refractivity contribution is -0.151. The first-order valence-electron chi connectivity index (χ1n) is 10.2. The number of rotatable bonds is 8. The molecule has 2 aromatic rings. The van der Waals surface area contributed by atoms with Crippen LogP contribution in [-0.2, 0) is 14.3 Å². The summed E-state index contributed by atoms with van der Waals surface area (Å²) in [6.07, 6.45) is 0.194. The number of amides is 3. The minimum absolute atomic E-state index is 0.0202. The minimum Gasteiger partial charge on any atom is -0.454 e. The Morgan fingerprint density at radius 2 is 1.50 bits per heavy atom. The summed E-state index contributed by atoms with van der Waals surface area (Å²) in [4.78, 5) is 63.4. The molecule has 0 saturated heterocycles. The normalized spacial score (nSPS) is 13.7. The van der Waals surface area contributed by atoms with Crippen LogP contribution in [0, 0.1) is 5.92 Å². The molecule has 0 aliphatic carbocycles. The molecular weight excluding hydrogens is 412 g/mol. The molecule has 1 unspecified atom stereocenters. The van der Waals surface area contributed by atoms with Crippen molar-refractivity contribution in [1.82, 2.24) is 4.90 Å². The molecule has 0 bridgehead atoms. The molecule has 0 aromatic heterocycles. The number of ether oxygens (including phenoxy) is 1. The van der Waals surface area contributed by atoms with Gasteiger partial charge in [0.15, 0.2) is 12.4 Å². The third kappa shape index (κ3) is 4.74. The summed E-state index contributed by atoms with van der Waals surface area (Å²) >= 11 is 0. The molecule has 0 saturated carbocycles. The van der Waals surface area contributed by atoms with E-state index in [0.29, 0.717) is 11.3 Å². The maximum atomic E-state index is 12.8. The number of Topliss-reactive ketones (excluding diaryl/α,β-unsaturated/α-hetero) is 1. The van der Waals surface area contributed by atoms with Crippen molar-refractivity contribution < 1.29 is 28.7 Å². The average Bonchev–Trinajstić information content (AvgIpc) is 3.01. The molecule has 0 fully saturated rings. The maximum absolute atomic E-state index is 12.8. The molecule has 1 aliphatic rings. The third-order valence-corrected chi connectivity index (χ3v) is 5.03. The van der Waals surface area contributed by atoms with Crippen LogP contribution in [0.5, 0.6) is 0 Å². The van der Waals surface area contributed by atoms with Gasteiger partial charge in [-0.2, -0.15) is 0 Å². The smallest absolute Gasteiger partial charge is 0.329 e. The lowest BCUT2D eigenvalue weighted by Gasteiger charge is -2.25. The molecule has 1 N–H and O–H groups in total. The Hall–Kier alpha value is -3.81. The highest BCUT2D eigenvalue weighted by Gasteiger charge is 2.43. The molecule has 0 radical (unpaired) electrons. The van der Waals surface area contributed by atoms with Crippen LogP contribution < -0.4 is 5.32 Å². The highest BCUT2D eigenvalue weighted by atomic mass is 16.5. The first-order chi connectivity index (χ1) is 15.2. The van der Waals surface area contributed by atoms with E-state index < -0.39 is 36.3 Å². The van der Waals surface area contributed by atoms with Crippen LogP contribution in [-0.4, -0.2) is 47.0 Å². The number of carbonyl (C=O) groups excluding carboxylic acids is 5. The number of esters is 1. The predicted octanol–water partition coefficient (Wildman–Crippen LogP) is 3.08. The Morgan fingerprint density at radius 1 is 0.938 bits per heavy atom. The fraction of sp³-hybridized carbons (Fsp3) is 0.292. The second kappa shape index (κ2) is 9.55. The second-order valence-corrected chi connectivity index (χ2v) is 7.93. The highest BCUT2D eigenvalue weighted by molar-refractivity contribution is 6.22. The van der Waals surface area contributed by atoms with Gasteiger partial charge in [0.2, 0.25) is 0 Å². The summed E-state index contributed by atoms with van der Waals surface area (Å²) in [5.74, 6) is -2.85. The van der Waals surface area contributed by atoms with Gasteiger partial charge in [-0.1, -0.05) is 38.1 Å². The fourth-order valence-corrected chi connectivity index (χ4v) is 3.56. The first-order valence-corrected chi connectivity index (χ1v) is 10.2. The highest BCUT2D eigenvalue weighted by Crippen LogP contribution is 2.27. The standard InChI is InChI=1S/C24H24N2O6/c1-14(2)12-20(26-22(29)17-9-4-5-10-18(17)23(26)30)24(31)32-13-21(28)25-19-11-7-6-8-16(19)15(3)27/h4-11,14,20H,12-13H2,1-3H3,(H,25,28). The van der Waals surface area contributed by atoms with Gasteiger partial charge in [0, 0.05) is 5.56 Å². The zero-order valence-corrected chi connectivity index (χ0v) is 18.1. The number of carbonyl (C=O) groups is 5. The van der Waals surface area contributed by atoms with Gasteiger partial charge in [0.1, 0.15) is 6.04 Å². The lowest BCUT2D eigenvalue weighted by atomic mass is 10.0. The summed E-state index contributed by atoms with van der Waals surface area (Å²) in [6, 6.07) is 11.7. The molecule has 8 nitrogen and oxygen atoms in total. The van der Waals surface area contributed by atoms with Crippen LogP contribution in [0.3, 0.4) is 0 Å². The van der Waals surface area contributed by atoms with Crippen LogP contribution >= 0.6 is 0 Å². The van der Waals surface area contributed by atoms with Crippen molar-refractivity contribution in [2.75, 3.05) is 11.9 Å². The molecule has 0 spiro atoms. The average molecular weight is 436 g/mol. The molecule has 32 heavy (non-hydrogen) atoms. The number of fused-ring (bicyclic) bond motifs is 1. The topological polar surface area (TPSA) is 110 Å². The van der Waals surface area contributed by atoms with Crippen molar-refractivity contribution in [3.8, 4) is 0 Å². The van der Waals surface area contributed by atoms with Crippen molar-refractivity contribution in [2.24, 2.45) is 5.92 Å². The van der Waals surface area contributed by atoms with Crippen molar-refractivity contribution in [3.63, 3.8) is 0 Å². The predicted molar refractivity (Wildman–Crippen MR) is 116 cm³/mol. The van der Waals surface area contributed by atoms with Gasteiger partial charge in [-0.25, -0.2) is 4.79 Å². The third-order valence-electron chi connectivity index (χ3n) is 5.03. The summed E-state index contributed by atoms with van der Waals surface area (Å²) in [5.41, 5.74) is 1.10. The van der Waals surface area contributed by atoms with E-state index in [1.54, 1.807) is 36.4 Å². The van der Waals surface area contributed by atoms with Crippen LogP contribution in [0.15, 0.2) is 48.5 Å². The van der Waals surface area contributed by atoms with Crippen LogP contribution in [0.25, 0.3) is 0 Å². The summed E-state index contributed by atoms with van der Waals surface area (Å²) in [7, 11) is 0. The van der Waals surface area contributed by atoms with E-state index in [1.165, 1.54) is 19.1 Å². The number of ketones is 1. The van der Waals surface area contributed by atoms with E-state index in [-0.39, 0.29) is 29.2 Å². The number of nitrogens with one attached hydrogen (secondary N) is 1. The van der Waals surface area contributed by atoms with E-state index in [2.05, 4.69) is 5.32 Å².